The number of aryl methyl sites for hydroxylation is 1. The lowest BCUT2D eigenvalue weighted by molar-refractivity contribution is -0.386. The highest BCUT2D eigenvalue weighted by Gasteiger charge is 2.23. The topological polar surface area (TPSA) is 72.4 Å². The van der Waals surface area contributed by atoms with Crippen molar-refractivity contribution >= 4 is 11.8 Å². The van der Waals surface area contributed by atoms with Crippen molar-refractivity contribution in [1.29, 1.82) is 0 Å². The lowest BCUT2D eigenvalue weighted by atomic mass is 10.2. The van der Waals surface area contributed by atoms with Crippen LogP contribution in [0.25, 0.3) is 6.08 Å². The van der Waals surface area contributed by atoms with Gasteiger partial charge in [0, 0.05) is 24.9 Å². The highest BCUT2D eigenvalue weighted by Crippen LogP contribution is 2.26. The third kappa shape index (κ3) is 2.88. The second kappa shape index (κ2) is 6.18. The van der Waals surface area contributed by atoms with Crippen molar-refractivity contribution < 1.29 is 9.45 Å². The Morgan fingerprint density at radius 3 is 2.50 bits per heavy atom. The Kier molecular flexibility index (Phi) is 4.88. The number of hydrogen-bond acceptors (Lipinski definition) is 5. The van der Waals surface area contributed by atoms with Crippen molar-refractivity contribution in [2.24, 2.45) is 0 Å². The Morgan fingerprint density at radius 1 is 1.44 bits per heavy atom. The Balaban J connectivity index is 3.17. The van der Waals surface area contributed by atoms with E-state index in [1.807, 2.05) is 20.8 Å². The van der Waals surface area contributed by atoms with Gasteiger partial charge in [0.05, 0.1) is 4.92 Å². The predicted molar refractivity (Wildman–Crippen MR) is 69.1 cm³/mol. The summed E-state index contributed by atoms with van der Waals surface area (Å²) in [5.41, 5.74) is 1.27. The Labute approximate surface area is 106 Å². The van der Waals surface area contributed by atoms with Crippen LogP contribution in [0.4, 0.5) is 5.69 Å². The number of nitrogens with zero attached hydrogens (tertiary/aromatic N) is 3. The van der Waals surface area contributed by atoms with Crippen molar-refractivity contribution in [2.75, 3.05) is 13.1 Å². The van der Waals surface area contributed by atoms with Gasteiger partial charge < -0.3 is 9.42 Å². The predicted octanol–water partition coefficient (Wildman–Crippen LogP) is 2.98. The molecule has 0 saturated carbocycles. The summed E-state index contributed by atoms with van der Waals surface area (Å²) in [5.74, 6) is 0.223. The molecule has 6 nitrogen and oxygen atoms in total. The number of rotatable bonds is 6. The molecule has 100 valence electrons. The van der Waals surface area contributed by atoms with E-state index < -0.39 is 4.92 Å². The molecule has 0 N–H and O–H groups in total. The fraction of sp³-hybridized carbons (Fsp3) is 0.583. The van der Waals surface area contributed by atoms with Gasteiger partial charge in [0.25, 0.3) is 0 Å². The van der Waals surface area contributed by atoms with Crippen molar-refractivity contribution in [1.82, 2.24) is 10.1 Å². The van der Waals surface area contributed by atoms with E-state index in [0.717, 1.165) is 25.2 Å². The molecular formula is C12H19N3O3. The van der Waals surface area contributed by atoms with Gasteiger partial charge in [-0.05, 0) is 27.2 Å². The van der Waals surface area contributed by atoms with Crippen LogP contribution in [-0.2, 0) is 0 Å². The quantitative estimate of drug-likeness (QED) is 0.575. The SMILES string of the molecule is CC/C(=C\c1onc(C)c1[N+](=O)[O-])N(CC)CC. The standard InChI is InChI=1S/C12H19N3O3/c1-5-10(14(6-2)7-3)8-11-12(15(16)17)9(4)13-18-11/h8H,5-7H2,1-4H3/b10-8+. The summed E-state index contributed by atoms with van der Waals surface area (Å²) < 4.78 is 5.03. The second-order valence-corrected chi connectivity index (χ2v) is 3.90. The molecule has 0 unspecified atom stereocenters. The zero-order valence-corrected chi connectivity index (χ0v) is 11.3. The smallest absolute Gasteiger partial charge is 0.338 e. The van der Waals surface area contributed by atoms with Crippen LogP contribution >= 0.6 is 0 Å². The Morgan fingerprint density at radius 2 is 2.06 bits per heavy atom. The molecule has 6 heteroatoms. The van der Waals surface area contributed by atoms with Gasteiger partial charge in [-0.15, -0.1) is 0 Å². The summed E-state index contributed by atoms with van der Waals surface area (Å²) in [6.45, 7) is 9.40. The molecule has 1 rings (SSSR count). The minimum absolute atomic E-state index is 0.0480. The summed E-state index contributed by atoms with van der Waals surface area (Å²) in [6, 6.07) is 0. The van der Waals surface area contributed by atoms with Crippen molar-refractivity contribution in [3.8, 4) is 0 Å². The van der Waals surface area contributed by atoms with E-state index in [0.29, 0.717) is 5.69 Å². The van der Waals surface area contributed by atoms with E-state index in [2.05, 4.69) is 10.1 Å². The molecule has 0 spiro atoms. The fourth-order valence-electron chi connectivity index (χ4n) is 1.90. The molecule has 1 aromatic rings. The van der Waals surface area contributed by atoms with Crippen molar-refractivity contribution in [3.63, 3.8) is 0 Å². The molecule has 0 atom stereocenters. The van der Waals surface area contributed by atoms with Crippen LogP contribution < -0.4 is 0 Å². The minimum atomic E-state index is -0.451. The molecule has 0 aliphatic rings. The van der Waals surface area contributed by atoms with E-state index in [1.165, 1.54) is 0 Å². The number of allylic oxidation sites excluding steroid dienone is 1. The molecule has 0 fully saturated rings. The first-order chi connectivity index (χ1) is 8.54. The van der Waals surface area contributed by atoms with Crippen LogP contribution in [0.3, 0.4) is 0 Å². The summed E-state index contributed by atoms with van der Waals surface area (Å²) in [6.07, 6.45) is 2.50. The average Bonchev–Trinajstić information content (AvgIpc) is 2.70. The van der Waals surface area contributed by atoms with Gasteiger partial charge in [0.2, 0.25) is 5.76 Å². The zero-order valence-electron chi connectivity index (χ0n) is 11.3. The van der Waals surface area contributed by atoms with Gasteiger partial charge in [-0.25, -0.2) is 0 Å². The van der Waals surface area contributed by atoms with Crippen molar-refractivity contribution in [3.05, 3.63) is 27.3 Å². The molecule has 18 heavy (non-hydrogen) atoms. The maximum absolute atomic E-state index is 10.9. The van der Waals surface area contributed by atoms with Crippen LogP contribution in [0, 0.1) is 17.0 Å². The first kappa shape index (κ1) is 14.2. The maximum Gasteiger partial charge on any atom is 0.338 e. The molecule has 0 aromatic carbocycles. The fourth-order valence-corrected chi connectivity index (χ4v) is 1.90. The van der Waals surface area contributed by atoms with E-state index in [4.69, 9.17) is 4.52 Å². The molecule has 0 amide bonds. The third-order valence-corrected chi connectivity index (χ3v) is 2.87. The third-order valence-electron chi connectivity index (χ3n) is 2.87. The van der Waals surface area contributed by atoms with Crippen LogP contribution in [0.1, 0.15) is 38.6 Å². The largest absolute Gasteiger partial charge is 0.375 e. The molecule has 0 aliphatic heterocycles. The first-order valence-electron chi connectivity index (χ1n) is 6.11. The van der Waals surface area contributed by atoms with Gasteiger partial charge in [-0.1, -0.05) is 12.1 Å². The molecule has 0 aliphatic carbocycles. The van der Waals surface area contributed by atoms with E-state index >= 15 is 0 Å². The Hall–Kier alpha value is -1.85. The molecular weight excluding hydrogens is 234 g/mol. The zero-order chi connectivity index (χ0) is 13.7. The highest BCUT2D eigenvalue weighted by molar-refractivity contribution is 5.58. The summed E-state index contributed by atoms with van der Waals surface area (Å²) in [4.78, 5) is 12.6. The molecule has 0 radical (unpaired) electrons. The van der Waals surface area contributed by atoms with Crippen LogP contribution in [0.15, 0.2) is 10.2 Å². The van der Waals surface area contributed by atoms with Crippen LogP contribution in [0.2, 0.25) is 0 Å². The number of nitro groups is 1. The normalized spacial score (nSPS) is 11.7. The average molecular weight is 253 g/mol. The lowest BCUT2D eigenvalue weighted by Gasteiger charge is -2.23. The monoisotopic (exact) mass is 253 g/mol. The lowest BCUT2D eigenvalue weighted by Crippen LogP contribution is -2.21. The second-order valence-electron chi connectivity index (χ2n) is 3.90. The van der Waals surface area contributed by atoms with Crippen LogP contribution in [-0.4, -0.2) is 28.1 Å². The minimum Gasteiger partial charge on any atom is -0.375 e. The van der Waals surface area contributed by atoms with Gasteiger partial charge in [0.15, 0.2) is 5.69 Å². The Bertz CT molecular complexity index is 447. The van der Waals surface area contributed by atoms with Gasteiger partial charge >= 0.3 is 5.69 Å². The highest BCUT2D eigenvalue weighted by atomic mass is 16.6. The molecule has 1 heterocycles. The van der Waals surface area contributed by atoms with E-state index in [-0.39, 0.29) is 11.4 Å². The maximum atomic E-state index is 10.9. The number of aromatic nitrogens is 1. The molecule has 0 bridgehead atoms. The molecule has 0 saturated heterocycles. The first-order valence-corrected chi connectivity index (χ1v) is 6.11. The van der Waals surface area contributed by atoms with Gasteiger partial charge in [0.1, 0.15) is 0 Å². The van der Waals surface area contributed by atoms with E-state index in [9.17, 15) is 10.1 Å². The molecule has 1 aromatic heterocycles. The van der Waals surface area contributed by atoms with E-state index in [1.54, 1.807) is 13.0 Å². The van der Waals surface area contributed by atoms with Gasteiger partial charge in [-0.3, -0.25) is 10.1 Å². The summed E-state index contributed by atoms with van der Waals surface area (Å²) in [5, 5.41) is 14.6. The summed E-state index contributed by atoms with van der Waals surface area (Å²) >= 11 is 0. The number of hydrogen-bond donors (Lipinski definition) is 0. The van der Waals surface area contributed by atoms with Crippen molar-refractivity contribution in [2.45, 2.75) is 34.1 Å². The van der Waals surface area contributed by atoms with Crippen LogP contribution in [0.5, 0.6) is 0 Å². The van der Waals surface area contributed by atoms with Gasteiger partial charge in [-0.2, -0.15) is 0 Å². The summed E-state index contributed by atoms with van der Waals surface area (Å²) in [7, 11) is 0.